The molecular formula is C16H17F2NO. The van der Waals surface area contributed by atoms with Gasteiger partial charge in [0, 0.05) is 23.7 Å². The van der Waals surface area contributed by atoms with Gasteiger partial charge in [-0.15, -0.1) is 0 Å². The lowest BCUT2D eigenvalue weighted by molar-refractivity contribution is 0.405. The van der Waals surface area contributed by atoms with Gasteiger partial charge >= 0.3 is 0 Å². The van der Waals surface area contributed by atoms with Gasteiger partial charge in [0.05, 0.1) is 7.11 Å². The fraction of sp³-hybridized carbons (Fsp3) is 0.250. The molecular weight excluding hydrogens is 260 g/mol. The van der Waals surface area contributed by atoms with Crippen LogP contribution in [0.4, 0.5) is 8.78 Å². The van der Waals surface area contributed by atoms with Crippen LogP contribution in [0.3, 0.4) is 0 Å². The summed E-state index contributed by atoms with van der Waals surface area (Å²) in [6, 6.07) is 10.8. The molecule has 1 N–H and O–H groups in total. The molecule has 2 aromatic rings. The van der Waals surface area contributed by atoms with E-state index in [9.17, 15) is 8.78 Å². The minimum absolute atomic E-state index is 0.296. The maximum absolute atomic E-state index is 13.7. The summed E-state index contributed by atoms with van der Waals surface area (Å²) in [5, 5.41) is 3.17. The van der Waals surface area contributed by atoms with Gasteiger partial charge in [0.1, 0.15) is 17.4 Å². The SMILES string of the molecule is COc1ccccc1CNC(C)c1cc(F)ccc1F. The van der Waals surface area contributed by atoms with E-state index in [2.05, 4.69) is 5.32 Å². The Hall–Kier alpha value is -1.94. The molecule has 0 saturated heterocycles. The van der Waals surface area contributed by atoms with Crippen molar-refractivity contribution >= 4 is 0 Å². The maximum atomic E-state index is 13.7. The third-order valence-electron chi connectivity index (χ3n) is 3.22. The van der Waals surface area contributed by atoms with Crippen molar-refractivity contribution in [3.63, 3.8) is 0 Å². The highest BCUT2D eigenvalue weighted by Crippen LogP contribution is 2.21. The van der Waals surface area contributed by atoms with Crippen LogP contribution in [0.5, 0.6) is 5.75 Å². The number of ether oxygens (including phenoxy) is 1. The Morgan fingerprint density at radius 3 is 2.65 bits per heavy atom. The molecule has 0 amide bonds. The molecule has 0 saturated carbocycles. The van der Waals surface area contributed by atoms with Crippen LogP contribution in [0.2, 0.25) is 0 Å². The Labute approximate surface area is 117 Å². The number of methoxy groups -OCH3 is 1. The summed E-state index contributed by atoms with van der Waals surface area (Å²) in [5.74, 6) is -0.0781. The molecule has 20 heavy (non-hydrogen) atoms. The summed E-state index contributed by atoms with van der Waals surface area (Å²) in [7, 11) is 1.61. The molecule has 0 fully saturated rings. The van der Waals surface area contributed by atoms with Crippen molar-refractivity contribution in [2.45, 2.75) is 19.5 Å². The summed E-state index contributed by atoms with van der Waals surface area (Å²) < 4.78 is 32.1. The van der Waals surface area contributed by atoms with Crippen molar-refractivity contribution in [1.29, 1.82) is 0 Å². The standard InChI is InChI=1S/C16H17F2NO/c1-11(14-9-13(17)7-8-15(14)18)19-10-12-5-3-4-6-16(12)20-2/h3-9,11,19H,10H2,1-2H3. The highest BCUT2D eigenvalue weighted by molar-refractivity contribution is 5.33. The molecule has 0 aliphatic rings. The summed E-state index contributed by atoms with van der Waals surface area (Å²) in [6.45, 7) is 2.31. The second-order valence-corrected chi connectivity index (χ2v) is 4.58. The molecule has 0 radical (unpaired) electrons. The molecule has 106 valence electrons. The van der Waals surface area contributed by atoms with Crippen LogP contribution in [0, 0.1) is 11.6 Å². The normalized spacial score (nSPS) is 12.2. The molecule has 0 bridgehead atoms. The molecule has 2 nitrogen and oxygen atoms in total. The predicted molar refractivity (Wildman–Crippen MR) is 74.6 cm³/mol. The average molecular weight is 277 g/mol. The molecule has 1 unspecified atom stereocenters. The third-order valence-corrected chi connectivity index (χ3v) is 3.22. The zero-order chi connectivity index (χ0) is 14.5. The Bertz CT molecular complexity index is 586. The van der Waals surface area contributed by atoms with Crippen molar-refractivity contribution in [1.82, 2.24) is 5.32 Å². The van der Waals surface area contributed by atoms with Crippen LogP contribution in [-0.2, 0) is 6.54 Å². The first-order chi connectivity index (χ1) is 9.61. The fourth-order valence-corrected chi connectivity index (χ4v) is 2.07. The van der Waals surface area contributed by atoms with Gasteiger partial charge in [-0.25, -0.2) is 8.78 Å². The summed E-state index contributed by atoms with van der Waals surface area (Å²) in [6.07, 6.45) is 0. The molecule has 0 aliphatic heterocycles. The van der Waals surface area contributed by atoms with Gasteiger partial charge < -0.3 is 10.1 Å². The van der Waals surface area contributed by atoms with E-state index in [1.165, 1.54) is 6.07 Å². The van der Waals surface area contributed by atoms with E-state index < -0.39 is 11.6 Å². The number of rotatable bonds is 5. The highest BCUT2D eigenvalue weighted by atomic mass is 19.1. The van der Waals surface area contributed by atoms with Crippen LogP contribution < -0.4 is 10.1 Å². The number of hydrogen-bond donors (Lipinski definition) is 1. The van der Waals surface area contributed by atoms with E-state index in [0.717, 1.165) is 23.4 Å². The molecule has 0 aliphatic carbocycles. The molecule has 1 atom stereocenters. The lowest BCUT2D eigenvalue weighted by atomic mass is 10.1. The van der Waals surface area contributed by atoms with Gasteiger partial charge in [-0.05, 0) is 31.2 Å². The molecule has 4 heteroatoms. The number of para-hydroxylation sites is 1. The number of nitrogens with one attached hydrogen (secondary N) is 1. The zero-order valence-corrected chi connectivity index (χ0v) is 11.5. The molecule has 0 spiro atoms. The van der Waals surface area contributed by atoms with E-state index in [-0.39, 0.29) is 6.04 Å². The second kappa shape index (κ2) is 6.48. The van der Waals surface area contributed by atoms with E-state index in [1.54, 1.807) is 14.0 Å². The second-order valence-electron chi connectivity index (χ2n) is 4.58. The first-order valence-corrected chi connectivity index (χ1v) is 6.42. The van der Waals surface area contributed by atoms with E-state index in [1.807, 2.05) is 24.3 Å². The van der Waals surface area contributed by atoms with E-state index in [4.69, 9.17) is 4.74 Å². The summed E-state index contributed by atoms with van der Waals surface area (Å²) in [5.41, 5.74) is 1.29. The van der Waals surface area contributed by atoms with Crippen molar-refractivity contribution in [3.8, 4) is 5.75 Å². The fourth-order valence-electron chi connectivity index (χ4n) is 2.07. The van der Waals surface area contributed by atoms with Gasteiger partial charge in [0.25, 0.3) is 0 Å². The first-order valence-electron chi connectivity index (χ1n) is 6.42. The Morgan fingerprint density at radius 2 is 1.90 bits per heavy atom. The molecule has 0 heterocycles. The maximum Gasteiger partial charge on any atom is 0.128 e. The molecule has 2 rings (SSSR count). The van der Waals surface area contributed by atoms with Gasteiger partial charge in [0.2, 0.25) is 0 Å². The van der Waals surface area contributed by atoms with Crippen LogP contribution in [0.25, 0.3) is 0 Å². The van der Waals surface area contributed by atoms with Crippen LogP contribution in [0.1, 0.15) is 24.1 Å². The Morgan fingerprint density at radius 1 is 1.15 bits per heavy atom. The molecule has 0 aromatic heterocycles. The van der Waals surface area contributed by atoms with Gasteiger partial charge in [0.15, 0.2) is 0 Å². The minimum atomic E-state index is -0.438. The quantitative estimate of drug-likeness (QED) is 0.897. The first kappa shape index (κ1) is 14.5. The van der Waals surface area contributed by atoms with Crippen molar-refractivity contribution in [2.75, 3.05) is 7.11 Å². The van der Waals surface area contributed by atoms with Crippen LogP contribution >= 0.6 is 0 Å². The van der Waals surface area contributed by atoms with E-state index in [0.29, 0.717) is 12.1 Å². The van der Waals surface area contributed by atoms with E-state index >= 15 is 0 Å². The topological polar surface area (TPSA) is 21.3 Å². The Kier molecular flexibility index (Phi) is 4.69. The number of halogens is 2. The monoisotopic (exact) mass is 277 g/mol. The smallest absolute Gasteiger partial charge is 0.128 e. The zero-order valence-electron chi connectivity index (χ0n) is 11.5. The average Bonchev–Trinajstić information content (AvgIpc) is 2.47. The van der Waals surface area contributed by atoms with Gasteiger partial charge in [-0.2, -0.15) is 0 Å². The Balaban J connectivity index is 2.08. The lowest BCUT2D eigenvalue weighted by Crippen LogP contribution is -2.19. The number of hydrogen-bond acceptors (Lipinski definition) is 2. The summed E-state index contributed by atoms with van der Waals surface area (Å²) in [4.78, 5) is 0. The van der Waals surface area contributed by atoms with Gasteiger partial charge in [-0.3, -0.25) is 0 Å². The van der Waals surface area contributed by atoms with Crippen molar-refractivity contribution in [2.24, 2.45) is 0 Å². The largest absolute Gasteiger partial charge is 0.496 e. The lowest BCUT2D eigenvalue weighted by Gasteiger charge is -2.16. The van der Waals surface area contributed by atoms with Crippen LogP contribution in [-0.4, -0.2) is 7.11 Å². The number of benzene rings is 2. The summed E-state index contributed by atoms with van der Waals surface area (Å²) >= 11 is 0. The highest BCUT2D eigenvalue weighted by Gasteiger charge is 2.12. The predicted octanol–water partition coefficient (Wildman–Crippen LogP) is 3.82. The molecule has 2 aromatic carbocycles. The minimum Gasteiger partial charge on any atom is -0.496 e. The van der Waals surface area contributed by atoms with Crippen molar-refractivity contribution < 1.29 is 13.5 Å². The van der Waals surface area contributed by atoms with Crippen molar-refractivity contribution in [3.05, 3.63) is 65.2 Å². The van der Waals surface area contributed by atoms with Crippen LogP contribution in [0.15, 0.2) is 42.5 Å². The van der Waals surface area contributed by atoms with Gasteiger partial charge in [-0.1, -0.05) is 18.2 Å². The third kappa shape index (κ3) is 3.33.